The summed E-state index contributed by atoms with van der Waals surface area (Å²) < 4.78 is 6.79. The number of hydrogen-bond donors (Lipinski definition) is 2. The highest BCUT2D eigenvalue weighted by Gasteiger charge is 2.25. The van der Waals surface area contributed by atoms with Crippen molar-refractivity contribution in [2.45, 2.75) is 63.0 Å². The number of alkyl halides is 1. The van der Waals surface area contributed by atoms with Gasteiger partial charge >= 0.3 is 12.0 Å². The van der Waals surface area contributed by atoms with Gasteiger partial charge in [-0.25, -0.2) is 14.8 Å². The fourth-order valence-corrected chi connectivity index (χ4v) is 4.34. The topological polar surface area (TPSA) is 84.3 Å². The van der Waals surface area contributed by atoms with Gasteiger partial charge in [-0.2, -0.15) is 0 Å². The minimum atomic E-state index is -0.921. The fourth-order valence-electron chi connectivity index (χ4n) is 3.13. The molecule has 2 N–H and O–H groups in total. The van der Waals surface area contributed by atoms with Gasteiger partial charge in [0, 0.05) is 28.3 Å². The first-order valence-corrected chi connectivity index (χ1v) is 12.3. The van der Waals surface area contributed by atoms with Gasteiger partial charge in [0.25, 0.3) is 0 Å². The largest absolute Gasteiger partial charge is 0.477 e. The first kappa shape index (κ1) is 22.8. The molecular weight excluding hydrogens is 513 g/mol. The van der Waals surface area contributed by atoms with Gasteiger partial charge in [-0.15, -0.1) is 11.3 Å². The standard InChI is InChI=1S/C22H26IN3O3S/c1-22(2,3)9-8-17-10-18(19(30-17)20(27)28)26-15-4-6-16(7-5-15)29-21-24-12-14(11-23)13-25-21/h10,12-13,15-16,26H,4-7,11H2,1-3H3,(H,27,28). The lowest BCUT2D eigenvalue weighted by molar-refractivity contribution is 0.0703. The number of carbonyl (C=O) groups is 1. The number of anilines is 1. The van der Waals surface area contributed by atoms with Crippen LogP contribution in [-0.4, -0.2) is 33.2 Å². The van der Waals surface area contributed by atoms with Crippen LogP contribution < -0.4 is 10.1 Å². The lowest BCUT2D eigenvalue weighted by Gasteiger charge is -2.29. The second-order valence-electron chi connectivity index (χ2n) is 8.40. The molecule has 6 nitrogen and oxygen atoms in total. The molecule has 0 spiro atoms. The molecule has 0 aliphatic heterocycles. The van der Waals surface area contributed by atoms with Gasteiger partial charge in [-0.1, -0.05) is 34.4 Å². The lowest BCUT2D eigenvalue weighted by atomic mass is 9.93. The number of aromatic carboxylic acids is 1. The molecule has 0 radical (unpaired) electrons. The molecule has 160 valence electrons. The van der Waals surface area contributed by atoms with Gasteiger partial charge in [0.1, 0.15) is 11.0 Å². The molecule has 2 aromatic rings. The summed E-state index contributed by atoms with van der Waals surface area (Å²) in [5, 5.41) is 13.0. The Kier molecular flexibility index (Phi) is 7.58. The predicted octanol–water partition coefficient (Wildman–Crippen LogP) is 5.37. The van der Waals surface area contributed by atoms with Crippen molar-refractivity contribution in [3.05, 3.63) is 33.8 Å². The summed E-state index contributed by atoms with van der Waals surface area (Å²) in [4.78, 5) is 21.3. The van der Waals surface area contributed by atoms with E-state index in [4.69, 9.17) is 4.74 Å². The van der Waals surface area contributed by atoms with E-state index < -0.39 is 5.97 Å². The second kappa shape index (κ2) is 9.96. The molecule has 3 rings (SSSR count). The van der Waals surface area contributed by atoms with Crippen LogP contribution in [0.2, 0.25) is 0 Å². The van der Waals surface area contributed by atoms with Gasteiger partial charge in [-0.3, -0.25) is 0 Å². The predicted molar refractivity (Wildman–Crippen MR) is 128 cm³/mol. The van der Waals surface area contributed by atoms with Crippen LogP contribution in [-0.2, 0) is 4.43 Å². The maximum Gasteiger partial charge on any atom is 0.348 e. The molecule has 0 atom stereocenters. The number of nitrogens with one attached hydrogen (secondary N) is 1. The summed E-state index contributed by atoms with van der Waals surface area (Å²) in [6, 6.07) is 2.49. The zero-order chi connectivity index (χ0) is 21.7. The van der Waals surface area contributed by atoms with Gasteiger partial charge < -0.3 is 15.2 Å². The zero-order valence-electron chi connectivity index (χ0n) is 17.4. The van der Waals surface area contributed by atoms with E-state index in [-0.39, 0.29) is 17.6 Å². The van der Waals surface area contributed by atoms with Crippen molar-refractivity contribution in [3.63, 3.8) is 0 Å². The van der Waals surface area contributed by atoms with Crippen molar-refractivity contribution < 1.29 is 14.6 Å². The summed E-state index contributed by atoms with van der Waals surface area (Å²) in [6.45, 7) is 6.11. The molecule has 1 aliphatic rings. The molecule has 0 bridgehead atoms. The highest BCUT2D eigenvalue weighted by molar-refractivity contribution is 14.1. The van der Waals surface area contributed by atoms with E-state index in [0.29, 0.717) is 16.6 Å². The number of aromatic nitrogens is 2. The van der Waals surface area contributed by atoms with Crippen molar-refractivity contribution in [3.8, 4) is 17.9 Å². The van der Waals surface area contributed by atoms with Crippen LogP contribution in [0.5, 0.6) is 6.01 Å². The SMILES string of the molecule is CC(C)(C)C#Cc1cc(NC2CCC(Oc3ncc(CI)cn3)CC2)c(C(=O)O)s1. The average molecular weight is 539 g/mol. The van der Waals surface area contributed by atoms with Gasteiger partial charge in [0.05, 0.1) is 10.6 Å². The summed E-state index contributed by atoms with van der Waals surface area (Å²) in [7, 11) is 0. The Morgan fingerprint density at radius 3 is 2.53 bits per heavy atom. The number of hydrogen-bond acceptors (Lipinski definition) is 6. The number of halogens is 1. The van der Waals surface area contributed by atoms with Crippen LogP contribution in [0.25, 0.3) is 0 Å². The van der Waals surface area contributed by atoms with E-state index >= 15 is 0 Å². The summed E-state index contributed by atoms with van der Waals surface area (Å²) in [6.07, 6.45) is 7.22. The summed E-state index contributed by atoms with van der Waals surface area (Å²) in [5.41, 5.74) is 1.61. The van der Waals surface area contributed by atoms with Crippen molar-refractivity contribution in [1.82, 2.24) is 9.97 Å². The number of rotatable bonds is 6. The first-order valence-electron chi connectivity index (χ1n) is 9.94. The lowest BCUT2D eigenvalue weighted by Crippen LogP contribution is -2.31. The third kappa shape index (κ3) is 6.57. The Balaban J connectivity index is 1.59. The number of thiophene rings is 1. The van der Waals surface area contributed by atoms with E-state index in [0.717, 1.165) is 40.6 Å². The second-order valence-corrected chi connectivity index (χ2v) is 10.2. The monoisotopic (exact) mass is 539 g/mol. The molecule has 1 fully saturated rings. The number of ether oxygens (including phenoxy) is 1. The summed E-state index contributed by atoms with van der Waals surface area (Å²) >= 11 is 3.50. The highest BCUT2D eigenvalue weighted by Crippen LogP contribution is 2.31. The van der Waals surface area contributed by atoms with E-state index in [9.17, 15) is 9.90 Å². The molecule has 2 heterocycles. The van der Waals surface area contributed by atoms with Gasteiger partial charge in [0.2, 0.25) is 0 Å². The van der Waals surface area contributed by atoms with Gasteiger partial charge in [0.15, 0.2) is 0 Å². The molecular formula is C22H26IN3O3S. The van der Waals surface area contributed by atoms with Crippen molar-refractivity contribution in [2.75, 3.05) is 5.32 Å². The van der Waals surface area contributed by atoms with Crippen molar-refractivity contribution in [1.29, 1.82) is 0 Å². The van der Waals surface area contributed by atoms with Crippen LogP contribution in [0.4, 0.5) is 5.69 Å². The maximum atomic E-state index is 11.7. The quantitative estimate of drug-likeness (QED) is 0.292. The molecule has 1 saturated carbocycles. The Morgan fingerprint density at radius 1 is 1.30 bits per heavy atom. The minimum Gasteiger partial charge on any atom is -0.477 e. The normalized spacial score (nSPS) is 18.9. The molecule has 0 saturated heterocycles. The van der Waals surface area contributed by atoms with Crippen LogP contribution in [0.15, 0.2) is 18.5 Å². The molecule has 0 aromatic carbocycles. The Morgan fingerprint density at radius 2 is 1.97 bits per heavy atom. The van der Waals surface area contributed by atoms with Crippen LogP contribution >= 0.6 is 33.9 Å². The minimum absolute atomic E-state index is 0.0862. The molecule has 8 heteroatoms. The molecule has 1 aliphatic carbocycles. The van der Waals surface area contributed by atoms with E-state index in [1.165, 1.54) is 11.3 Å². The fraction of sp³-hybridized carbons (Fsp3) is 0.500. The van der Waals surface area contributed by atoms with Crippen LogP contribution in [0.3, 0.4) is 0 Å². The first-order chi connectivity index (χ1) is 14.2. The van der Waals surface area contributed by atoms with Crippen molar-refractivity contribution >= 4 is 45.6 Å². The molecule has 0 unspecified atom stereocenters. The zero-order valence-corrected chi connectivity index (χ0v) is 20.3. The van der Waals surface area contributed by atoms with Crippen LogP contribution in [0, 0.1) is 17.3 Å². The van der Waals surface area contributed by atoms with E-state index in [1.807, 2.05) is 26.8 Å². The Bertz CT molecular complexity index is 933. The molecule has 30 heavy (non-hydrogen) atoms. The molecule has 2 aromatic heterocycles. The summed E-state index contributed by atoms with van der Waals surface area (Å²) in [5.74, 6) is 5.36. The Labute approximate surface area is 195 Å². The average Bonchev–Trinajstić information content (AvgIpc) is 3.11. The number of carboxylic acids is 1. The third-order valence-electron chi connectivity index (χ3n) is 4.63. The Hall–Kier alpha value is -1.86. The maximum absolute atomic E-state index is 11.7. The van der Waals surface area contributed by atoms with Gasteiger partial charge in [-0.05, 0) is 58.1 Å². The third-order valence-corrected chi connectivity index (χ3v) is 6.55. The van der Waals surface area contributed by atoms with Crippen LogP contribution in [0.1, 0.15) is 66.6 Å². The molecule has 0 amide bonds. The van der Waals surface area contributed by atoms with E-state index in [1.54, 1.807) is 12.4 Å². The number of nitrogens with zero attached hydrogens (tertiary/aromatic N) is 2. The number of carboxylic acid groups (broad SMARTS) is 1. The van der Waals surface area contributed by atoms with Crippen molar-refractivity contribution in [2.24, 2.45) is 5.41 Å². The smallest absolute Gasteiger partial charge is 0.348 e. The highest BCUT2D eigenvalue weighted by atomic mass is 127. The van der Waals surface area contributed by atoms with E-state index in [2.05, 4.69) is 49.7 Å².